The largest absolute Gasteiger partial charge is 0.756 e. The van der Waals surface area contributed by atoms with Gasteiger partial charge in [0.2, 0.25) is 0 Å². The van der Waals surface area contributed by atoms with E-state index >= 15 is 0 Å². The van der Waals surface area contributed by atoms with Gasteiger partial charge in [0.25, 0.3) is 15.6 Å². The Bertz CT molecular complexity index is 277. The van der Waals surface area contributed by atoms with Gasteiger partial charge in [-0.2, -0.15) is 0 Å². The number of hydrogen-bond donors (Lipinski definition) is 2. The van der Waals surface area contributed by atoms with E-state index < -0.39 is 55.3 Å². The van der Waals surface area contributed by atoms with Crippen LogP contribution in [0.4, 0.5) is 0 Å². The second-order valence-corrected chi connectivity index (χ2v) is 5.50. The molecule has 0 amide bonds. The van der Waals surface area contributed by atoms with Crippen molar-refractivity contribution in [3.63, 3.8) is 0 Å². The minimum atomic E-state index is -4.57. The molecule has 0 aromatic heterocycles. The van der Waals surface area contributed by atoms with Crippen LogP contribution in [-0.2, 0) is 27.2 Å². The molecular weight excluding hydrogens is 294 g/mol. The van der Waals surface area contributed by atoms with Crippen LogP contribution in [0.2, 0.25) is 0 Å². The van der Waals surface area contributed by atoms with Gasteiger partial charge in [0.1, 0.15) is 0 Å². The van der Waals surface area contributed by atoms with Crippen molar-refractivity contribution in [1.82, 2.24) is 0 Å². The van der Waals surface area contributed by atoms with E-state index in [0.29, 0.717) is 0 Å². The van der Waals surface area contributed by atoms with Crippen molar-refractivity contribution in [3.8, 4) is 0 Å². The average molecular weight is 308 g/mol. The summed E-state index contributed by atoms with van der Waals surface area (Å²) in [5.74, 6) is 0. The topological polar surface area (TPSA) is 158 Å². The van der Waals surface area contributed by atoms with Gasteiger partial charge in [-0.1, -0.05) is 0 Å². The van der Waals surface area contributed by atoms with E-state index in [-0.39, 0.29) is 0 Å². The fourth-order valence-corrected chi connectivity index (χ4v) is 2.03. The lowest BCUT2D eigenvalue weighted by Gasteiger charge is -2.24. The lowest BCUT2D eigenvalue weighted by molar-refractivity contribution is -0.233. The maximum atomic E-state index is 10.9. The number of rotatable bonds is 11. The fourth-order valence-electron chi connectivity index (χ4n) is 0.678. The summed E-state index contributed by atoms with van der Waals surface area (Å²) in [6.07, 6.45) is 0. The SMILES string of the molecule is O=P([O-])(OCCO)OCCOP(=O)([O-])OCCO. The van der Waals surface area contributed by atoms with Crippen molar-refractivity contribution in [2.45, 2.75) is 0 Å². The normalized spacial score (nSPS) is 18.2. The van der Waals surface area contributed by atoms with E-state index in [0.717, 1.165) is 0 Å². The van der Waals surface area contributed by atoms with Crippen LogP contribution in [0.5, 0.6) is 0 Å². The first-order valence-corrected chi connectivity index (χ1v) is 7.67. The summed E-state index contributed by atoms with van der Waals surface area (Å²) >= 11 is 0. The van der Waals surface area contributed by atoms with E-state index in [1.807, 2.05) is 0 Å². The minimum Gasteiger partial charge on any atom is -0.756 e. The van der Waals surface area contributed by atoms with Crippen LogP contribution in [-0.4, -0.2) is 49.9 Å². The van der Waals surface area contributed by atoms with Crippen molar-refractivity contribution in [3.05, 3.63) is 0 Å². The molecule has 0 saturated heterocycles. The Kier molecular flexibility index (Phi) is 9.18. The van der Waals surface area contributed by atoms with E-state index in [4.69, 9.17) is 10.2 Å². The molecule has 0 bridgehead atoms. The maximum absolute atomic E-state index is 10.9. The molecule has 18 heavy (non-hydrogen) atoms. The fraction of sp³-hybridized carbons (Fsp3) is 1.00. The number of aliphatic hydroxyl groups is 2. The van der Waals surface area contributed by atoms with Gasteiger partial charge in [-0.05, 0) is 0 Å². The van der Waals surface area contributed by atoms with Crippen LogP contribution in [0.15, 0.2) is 0 Å². The molecule has 0 fully saturated rings. The number of hydrogen-bond acceptors (Lipinski definition) is 10. The van der Waals surface area contributed by atoms with Gasteiger partial charge in [0.15, 0.2) is 0 Å². The van der Waals surface area contributed by atoms with E-state index in [1.165, 1.54) is 0 Å². The smallest absolute Gasteiger partial charge is 0.268 e. The molecule has 0 aliphatic rings. The summed E-state index contributed by atoms with van der Waals surface area (Å²) in [5, 5.41) is 16.6. The maximum Gasteiger partial charge on any atom is 0.268 e. The number of phosphoric acid groups is 2. The highest BCUT2D eigenvalue weighted by Gasteiger charge is 2.11. The summed E-state index contributed by atoms with van der Waals surface area (Å²) in [6.45, 7) is -3.11. The lowest BCUT2D eigenvalue weighted by atomic mass is 10.8. The molecule has 2 N–H and O–H groups in total. The Morgan fingerprint density at radius 1 is 0.722 bits per heavy atom. The van der Waals surface area contributed by atoms with Crippen LogP contribution in [0.3, 0.4) is 0 Å². The summed E-state index contributed by atoms with van der Waals surface area (Å²) in [4.78, 5) is 21.8. The number of aliphatic hydroxyl groups excluding tert-OH is 2. The quantitative estimate of drug-likeness (QED) is 0.322. The summed E-state index contributed by atoms with van der Waals surface area (Å²) < 4.78 is 38.5. The van der Waals surface area contributed by atoms with Crippen LogP contribution in [0, 0.1) is 0 Å². The standard InChI is InChI=1S/C6H16O10P2/c7-1-3-13-17(9,10)15-5-6-16-18(11,12)14-4-2-8/h7-8H,1-6H2,(H,9,10)(H,11,12)/p-2. The molecule has 0 aromatic carbocycles. The summed E-state index contributed by atoms with van der Waals surface area (Å²) in [6, 6.07) is 0. The highest BCUT2D eigenvalue weighted by Crippen LogP contribution is 2.40. The highest BCUT2D eigenvalue weighted by atomic mass is 31.2. The average Bonchev–Trinajstić information content (AvgIpc) is 2.30. The molecule has 10 nitrogen and oxygen atoms in total. The van der Waals surface area contributed by atoms with Crippen molar-refractivity contribution < 1.29 is 47.2 Å². The molecule has 0 aliphatic heterocycles. The summed E-state index contributed by atoms with van der Waals surface area (Å²) in [7, 11) is -9.15. The molecular formula is C6H14O10P2-2. The van der Waals surface area contributed by atoms with Crippen LogP contribution < -0.4 is 9.79 Å². The molecule has 2 unspecified atom stereocenters. The molecule has 12 heteroatoms. The van der Waals surface area contributed by atoms with E-state index in [9.17, 15) is 18.9 Å². The van der Waals surface area contributed by atoms with Crippen LogP contribution in [0.25, 0.3) is 0 Å². The van der Waals surface area contributed by atoms with Gasteiger partial charge in [-0.25, -0.2) is 0 Å². The Balaban J connectivity index is 3.78. The molecule has 0 rings (SSSR count). The molecule has 0 saturated carbocycles. The third kappa shape index (κ3) is 10.1. The molecule has 0 spiro atoms. The second-order valence-electron chi connectivity index (χ2n) is 2.67. The third-order valence-electron chi connectivity index (χ3n) is 1.26. The molecule has 0 radical (unpaired) electrons. The Hall–Kier alpha value is 0.140. The molecule has 0 aliphatic carbocycles. The first kappa shape index (κ1) is 18.1. The third-order valence-corrected chi connectivity index (χ3v) is 3.26. The van der Waals surface area contributed by atoms with Crippen molar-refractivity contribution in [2.75, 3.05) is 39.6 Å². The van der Waals surface area contributed by atoms with Gasteiger partial charge in [-0.15, -0.1) is 0 Å². The van der Waals surface area contributed by atoms with E-state index in [1.54, 1.807) is 0 Å². The predicted molar refractivity (Wildman–Crippen MR) is 53.2 cm³/mol. The summed E-state index contributed by atoms with van der Waals surface area (Å²) in [5.41, 5.74) is 0. The van der Waals surface area contributed by atoms with E-state index in [2.05, 4.69) is 18.1 Å². The Labute approximate surface area is 103 Å². The second kappa shape index (κ2) is 9.11. The lowest BCUT2D eigenvalue weighted by Crippen LogP contribution is -2.16. The number of phosphoric ester groups is 2. The van der Waals surface area contributed by atoms with Gasteiger partial charge in [-0.3, -0.25) is 9.13 Å². The first-order chi connectivity index (χ1) is 8.33. The predicted octanol–water partition coefficient (Wildman–Crippen LogP) is -2.03. The highest BCUT2D eigenvalue weighted by molar-refractivity contribution is 7.46. The molecule has 0 aromatic rings. The van der Waals surface area contributed by atoms with Crippen molar-refractivity contribution >= 4 is 15.6 Å². The zero-order valence-electron chi connectivity index (χ0n) is 9.30. The van der Waals surface area contributed by atoms with Gasteiger partial charge in [0.05, 0.1) is 39.6 Å². The minimum absolute atomic E-state index is 0.457. The molecule has 2 atom stereocenters. The Morgan fingerprint density at radius 3 is 1.28 bits per heavy atom. The van der Waals surface area contributed by atoms with Gasteiger partial charge >= 0.3 is 0 Å². The van der Waals surface area contributed by atoms with Gasteiger partial charge in [0, 0.05) is 0 Å². The zero-order chi connectivity index (χ0) is 14.1. The zero-order valence-corrected chi connectivity index (χ0v) is 11.1. The van der Waals surface area contributed by atoms with Crippen LogP contribution >= 0.6 is 15.6 Å². The first-order valence-electron chi connectivity index (χ1n) is 4.75. The Morgan fingerprint density at radius 2 is 1.00 bits per heavy atom. The molecule has 110 valence electrons. The molecule has 0 heterocycles. The van der Waals surface area contributed by atoms with Gasteiger partial charge < -0.3 is 38.1 Å². The van der Waals surface area contributed by atoms with Crippen LogP contribution in [0.1, 0.15) is 0 Å². The monoisotopic (exact) mass is 308 g/mol. The van der Waals surface area contributed by atoms with Crippen molar-refractivity contribution in [1.29, 1.82) is 0 Å². The van der Waals surface area contributed by atoms with Crippen molar-refractivity contribution in [2.24, 2.45) is 0 Å².